The van der Waals surface area contributed by atoms with E-state index in [1.54, 1.807) is 6.07 Å². The Kier molecular flexibility index (Phi) is 3.40. The van der Waals surface area contributed by atoms with E-state index in [9.17, 15) is 17.6 Å². The number of halogens is 4. The third kappa shape index (κ3) is 2.57. The SMILES string of the molecule is Fc1ccccc1-c1nnc(-c2ccccc2C(F)(F)F)o1. The van der Waals surface area contributed by atoms with E-state index >= 15 is 0 Å². The Morgan fingerprint density at radius 3 is 1.95 bits per heavy atom. The molecule has 3 aromatic rings. The van der Waals surface area contributed by atoms with Crippen LogP contribution in [0.2, 0.25) is 0 Å². The first-order valence-corrected chi connectivity index (χ1v) is 6.22. The number of hydrogen-bond donors (Lipinski definition) is 0. The Hall–Kier alpha value is -2.70. The van der Waals surface area contributed by atoms with Gasteiger partial charge in [0.1, 0.15) is 5.82 Å². The van der Waals surface area contributed by atoms with Crippen LogP contribution in [0.1, 0.15) is 5.56 Å². The maximum Gasteiger partial charge on any atom is 0.417 e. The second-order valence-corrected chi connectivity index (χ2v) is 4.44. The van der Waals surface area contributed by atoms with Crippen LogP contribution in [0, 0.1) is 5.82 Å². The average molecular weight is 308 g/mol. The van der Waals surface area contributed by atoms with Crippen molar-refractivity contribution in [1.29, 1.82) is 0 Å². The smallest absolute Gasteiger partial charge is 0.416 e. The van der Waals surface area contributed by atoms with Crippen LogP contribution in [-0.2, 0) is 6.18 Å². The van der Waals surface area contributed by atoms with Crippen LogP contribution in [0.3, 0.4) is 0 Å². The monoisotopic (exact) mass is 308 g/mol. The van der Waals surface area contributed by atoms with Crippen LogP contribution in [0.5, 0.6) is 0 Å². The summed E-state index contributed by atoms with van der Waals surface area (Å²) in [6.07, 6.45) is -4.55. The van der Waals surface area contributed by atoms with Gasteiger partial charge in [0.05, 0.1) is 16.7 Å². The van der Waals surface area contributed by atoms with E-state index in [1.807, 2.05) is 0 Å². The topological polar surface area (TPSA) is 38.9 Å². The fraction of sp³-hybridized carbons (Fsp3) is 0.0667. The van der Waals surface area contributed by atoms with E-state index in [2.05, 4.69) is 10.2 Å². The fourth-order valence-electron chi connectivity index (χ4n) is 1.99. The quantitative estimate of drug-likeness (QED) is 0.651. The van der Waals surface area contributed by atoms with Crippen LogP contribution in [0.4, 0.5) is 17.6 Å². The molecule has 2 aromatic carbocycles. The van der Waals surface area contributed by atoms with Crippen molar-refractivity contribution in [3.8, 4) is 22.9 Å². The molecule has 0 fully saturated rings. The molecule has 0 radical (unpaired) electrons. The van der Waals surface area contributed by atoms with Crippen LogP contribution in [-0.4, -0.2) is 10.2 Å². The summed E-state index contributed by atoms with van der Waals surface area (Å²) in [7, 11) is 0. The molecule has 112 valence electrons. The maximum atomic E-state index is 13.6. The molecule has 0 aliphatic carbocycles. The van der Waals surface area contributed by atoms with Crippen molar-refractivity contribution in [2.24, 2.45) is 0 Å². The second-order valence-electron chi connectivity index (χ2n) is 4.44. The Labute approximate surface area is 122 Å². The van der Waals surface area contributed by atoms with E-state index in [0.717, 1.165) is 6.07 Å². The van der Waals surface area contributed by atoms with Gasteiger partial charge in [0.15, 0.2) is 0 Å². The number of alkyl halides is 3. The summed E-state index contributed by atoms with van der Waals surface area (Å²) >= 11 is 0. The van der Waals surface area contributed by atoms with E-state index in [1.165, 1.54) is 36.4 Å². The zero-order valence-electron chi connectivity index (χ0n) is 10.9. The summed E-state index contributed by atoms with van der Waals surface area (Å²) in [5.74, 6) is -1.09. The number of nitrogens with zero attached hydrogens (tertiary/aromatic N) is 2. The lowest BCUT2D eigenvalue weighted by atomic mass is 10.1. The van der Waals surface area contributed by atoms with Crippen molar-refractivity contribution in [2.45, 2.75) is 6.18 Å². The highest BCUT2D eigenvalue weighted by Gasteiger charge is 2.34. The highest BCUT2D eigenvalue weighted by molar-refractivity contribution is 5.62. The van der Waals surface area contributed by atoms with E-state index < -0.39 is 17.6 Å². The number of aromatic nitrogens is 2. The van der Waals surface area contributed by atoms with Gasteiger partial charge in [0, 0.05) is 0 Å². The van der Waals surface area contributed by atoms with Gasteiger partial charge in [0.2, 0.25) is 5.89 Å². The first-order valence-electron chi connectivity index (χ1n) is 6.22. The molecular formula is C15H8F4N2O. The molecule has 1 aromatic heterocycles. The lowest BCUT2D eigenvalue weighted by molar-refractivity contribution is -0.137. The average Bonchev–Trinajstić information content (AvgIpc) is 2.96. The Balaban J connectivity index is 2.08. The van der Waals surface area contributed by atoms with Crippen LogP contribution < -0.4 is 0 Å². The van der Waals surface area contributed by atoms with Crippen LogP contribution >= 0.6 is 0 Å². The summed E-state index contributed by atoms with van der Waals surface area (Å²) < 4.78 is 57.8. The van der Waals surface area contributed by atoms with Crippen molar-refractivity contribution >= 4 is 0 Å². The molecule has 1 heterocycles. The zero-order valence-corrected chi connectivity index (χ0v) is 10.9. The minimum absolute atomic E-state index is 0.0331. The molecule has 3 nitrogen and oxygen atoms in total. The largest absolute Gasteiger partial charge is 0.417 e. The summed E-state index contributed by atoms with van der Waals surface area (Å²) in [4.78, 5) is 0. The molecule has 0 atom stereocenters. The third-order valence-electron chi connectivity index (χ3n) is 2.99. The Morgan fingerprint density at radius 2 is 1.32 bits per heavy atom. The highest BCUT2D eigenvalue weighted by Crippen LogP contribution is 2.37. The lowest BCUT2D eigenvalue weighted by Crippen LogP contribution is -2.06. The molecule has 3 rings (SSSR count). The van der Waals surface area contributed by atoms with E-state index in [0.29, 0.717) is 0 Å². The van der Waals surface area contributed by atoms with Crippen LogP contribution in [0.25, 0.3) is 22.9 Å². The third-order valence-corrected chi connectivity index (χ3v) is 2.99. The summed E-state index contributed by atoms with van der Waals surface area (Å²) in [5.41, 5.74) is -1.10. The molecule has 0 aliphatic heterocycles. The number of rotatable bonds is 2. The molecule has 0 N–H and O–H groups in total. The predicted molar refractivity (Wildman–Crippen MR) is 70.1 cm³/mol. The first kappa shape index (κ1) is 14.2. The molecule has 0 unspecified atom stereocenters. The molecule has 0 amide bonds. The van der Waals surface area contributed by atoms with Crippen molar-refractivity contribution < 1.29 is 22.0 Å². The van der Waals surface area contributed by atoms with Crippen molar-refractivity contribution in [3.63, 3.8) is 0 Å². The minimum Gasteiger partial charge on any atom is -0.416 e. The van der Waals surface area contributed by atoms with Gasteiger partial charge in [-0.15, -0.1) is 10.2 Å². The van der Waals surface area contributed by atoms with Gasteiger partial charge in [0.25, 0.3) is 5.89 Å². The van der Waals surface area contributed by atoms with Gasteiger partial charge in [-0.25, -0.2) is 4.39 Å². The summed E-state index contributed by atoms with van der Waals surface area (Å²) in [6, 6.07) is 10.5. The van der Waals surface area contributed by atoms with Gasteiger partial charge in [-0.1, -0.05) is 24.3 Å². The van der Waals surface area contributed by atoms with Gasteiger partial charge in [-0.2, -0.15) is 13.2 Å². The molecule has 22 heavy (non-hydrogen) atoms. The van der Waals surface area contributed by atoms with Gasteiger partial charge >= 0.3 is 6.18 Å². The van der Waals surface area contributed by atoms with Gasteiger partial charge < -0.3 is 4.42 Å². The normalized spacial score (nSPS) is 11.6. The highest BCUT2D eigenvalue weighted by atomic mass is 19.4. The zero-order chi connectivity index (χ0) is 15.7. The fourth-order valence-corrected chi connectivity index (χ4v) is 1.99. The van der Waals surface area contributed by atoms with Crippen molar-refractivity contribution in [3.05, 3.63) is 59.9 Å². The standard InChI is InChI=1S/C15H8F4N2O/c16-12-8-4-2-6-10(12)14-21-20-13(22-14)9-5-1-3-7-11(9)15(17,18)19/h1-8H. The van der Waals surface area contributed by atoms with Crippen molar-refractivity contribution in [1.82, 2.24) is 10.2 Å². The number of hydrogen-bond acceptors (Lipinski definition) is 3. The van der Waals surface area contributed by atoms with Gasteiger partial charge in [-0.3, -0.25) is 0 Å². The maximum absolute atomic E-state index is 13.6. The summed E-state index contributed by atoms with van der Waals surface area (Å²) in [5, 5.41) is 7.22. The molecule has 0 saturated heterocycles. The molecule has 7 heteroatoms. The molecule has 0 aliphatic rings. The second kappa shape index (κ2) is 5.25. The minimum atomic E-state index is -4.55. The molecule has 0 bridgehead atoms. The van der Waals surface area contributed by atoms with E-state index in [4.69, 9.17) is 4.42 Å². The number of benzene rings is 2. The molecular weight excluding hydrogens is 300 g/mol. The molecule has 0 saturated carbocycles. The van der Waals surface area contributed by atoms with Crippen molar-refractivity contribution in [2.75, 3.05) is 0 Å². The Morgan fingerprint density at radius 1 is 0.773 bits per heavy atom. The predicted octanol–water partition coefficient (Wildman–Crippen LogP) is 4.56. The molecule has 0 spiro atoms. The van der Waals surface area contributed by atoms with Gasteiger partial charge in [-0.05, 0) is 24.3 Å². The first-order chi connectivity index (χ1) is 10.5. The lowest BCUT2D eigenvalue weighted by Gasteiger charge is -2.09. The van der Waals surface area contributed by atoms with E-state index in [-0.39, 0.29) is 22.9 Å². The van der Waals surface area contributed by atoms with Crippen LogP contribution in [0.15, 0.2) is 52.9 Å². The Bertz CT molecular complexity index is 811. The summed E-state index contributed by atoms with van der Waals surface area (Å²) in [6.45, 7) is 0.